The van der Waals surface area contributed by atoms with Gasteiger partial charge >= 0.3 is 5.76 Å². The van der Waals surface area contributed by atoms with Crippen molar-refractivity contribution in [2.75, 3.05) is 0 Å². The molecule has 0 aliphatic carbocycles. The molecule has 0 atom stereocenters. The van der Waals surface area contributed by atoms with Gasteiger partial charge in [0.05, 0.1) is 5.69 Å². The molecule has 3 aromatic rings. The van der Waals surface area contributed by atoms with Crippen LogP contribution in [0.1, 0.15) is 5.69 Å². The molecule has 0 amide bonds. The Labute approximate surface area is 90.6 Å². The highest BCUT2D eigenvalue weighted by Crippen LogP contribution is 2.23. The molecule has 0 spiro atoms. The number of hydrogen-bond donors (Lipinski definition) is 0. The van der Waals surface area contributed by atoms with E-state index >= 15 is 0 Å². The van der Waals surface area contributed by atoms with Crippen molar-refractivity contribution in [3.05, 3.63) is 46.7 Å². The second-order valence-corrected chi connectivity index (χ2v) is 3.58. The Morgan fingerprint density at radius 2 is 2.12 bits per heavy atom. The van der Waals surface area contributed by atoms with Gasteiger partial charge in [0.15, 0.2) is 5.58 Å². The molecule has 0 fully saturated rings. The summed E-state index contributed by atoms with van der Waals surface area (Å²) >= 11 is 0. The molecule has 2 heterocycles. The molecule has 16 heavy (non-hydrogen) atoms. The molecule has 0 saturated heterocycles. The first-order valence-corrected chi connectivity index (χ1v) is 4.91. The zero-order chi connectivity index (χ0) is 11.1. The van der Waals surface area contributed by atoms with E-state index in [0.29, 0.717) is 16.8 Å². The Morgan fingerprint density at radius 3 is 3.00 bits per heavy atom. The van der Waals surface area contributed by atoms with Crippen LogP contribution in [0.15, 0.2) is 39.7 Å². The minimum Gasteiger partial charge on any atom is -0.406 e. The van der Waals surface area contributed by atoms with Gasteiger partial charge in [0.25, 0.3) is 0 Å². The lowest BCUT2D eigenvalue weighted by Gasteiger charge is -2.02. The number of fused-ring (bicyclic) bond motifs is 3. The van der Waals surface area contributed by atoms with E-state index in [-0.39, 0.29) is 0 Å². The Morgan fingerprint density at radius 1 is 1.25 bits per heavy atom. The molecular formula is C12H8N2O2. The lowest BCUT2D eigenvalue weighted by molar-refractivity contribution is 0.531. The van der Waals surface area contributed by atoms with E-state index < -0.39 is 5.76 Å². The predicted molar refractivity (Wildman–Crippen MR) is 60.3 cm³/mol. The van der Waals surface area contributed by atoms with E-state index in [4.69, 9.17) is 4.42 Å². The van der Waals surface area contributed by atoms with Crippen LogP contribution in [0.5, 0.6) is 0 Å². The Kier molecular flexibility index (Phi) is 1.77. The first-order chi connectivity index (χ1) is 7.75. The highest BCUT2D eigenvalue weighted by atomic mass is 16.4. The molecule has 1 aromatic carbocycles. The van der Waals surface area contributed by atoms with Crippen molar-refractivity contribution < 1.29 is 4.42 Å². The Bertz CT molecular complexity index is 747. The Balaban J connectivity index is 2.65. The number of aromatic nitrogens is 2. The lowest BCUT2D eigenvalue weighted by Crippen LogP contribution is -2.05. The molecule has 0 unspecified atom stereocenters. The molecule has 0 aliphatic heterocycles. The van der Waals surface area contributed by atoms with Gasteiger partial charge in [-0.05, 0) is 19.1 Å². The van der Waals surface area contributed by atoms with E-state index in [9.17, 15) is 4.79 Å². The van der Waals surface area contributed by atoms with Crippen molar-refractivity contribution in [3.63, 3.8) is 0 Å². The minimum atomic E-state index is -0.580. The van der Waals surface area contributed by atoms with Crippen LogP contribution in [0, 0.1) is 6.92 Å². The van der Waals surface area contributed by atoms with Gasteiger partial charge in [-0.2, -0.15) is 4.98 Å². The first-order valence-electron chi connectivity index (χ1n) is 4.91. The number of aryl methyl sites for hydroxylation is 1. The number of rotatable bonds is 0. The summed E-state index contributed by atoms with van der Waals surface area (Å²) in [5.74, 6) is -0.580. The van der Waals surface area contributed by atoms with Crippen molar-refractivity contribution in [3.8, 4) is 0 Å². The van der Waals surface area contributed by atoms with Crippen molar-refractivity contribution in [2.45, 2.75) is 6.92 Å². The van der Waals surface area contributed by atoms with Gasteiger partial charge in [-0.25, -0.2) is 4.79 Å². The van der Waals surface area contributed by atoms with E-state index in [1.54, 1.807) is 13.1 Å². The summed E-state index contributed by atoms with van der Waals surface area (Å²) in [6, 6.07) is 7.61. The smallest absolute Gasteiger partial charge is 0.406 e. The van der Waals surface area contributed by atoms with Crippen molar-refractivity contribution >= 4 is 21.9 Å². The zero-order valence-electron chi connectivity index (χ0n) is 8.60. The van der Waals surface area contributed by atoms with Crippen LogP contribution in [-0.2, 0) is 0 Å². The highest BCUT2D eigenvalue weighted by Gasteiger charge is 2.07. The van der Waals surface area contributed by atoms with E-state index in [1.165, 1.54) is 0 Å². The first kappa shape index (κ1) is 9.03. The molecule has 3 rings (SSSR count). The number of hydrogen-bond acceptors (Lipinski definition) is 4. The third kappa shape index (κ3) is 1.20. The summed E-state index contributed by atoms with van der Waals surface area (Å²) in [6.07, 6.45) is 1.68. The average molecular weight is 212 g/mol. The molecule has 0 radical (unpaired) electrons. The van der Waals surface area contributed by atoms with Crippen LogP contribution in [0.3, 0.4) is 0 Å². The second-order valence-electron chi connectivity index (χ2n) is 3.58. The van der Waals surface area contributed by atoms with Crippen molar-refractivity contribution in [2.24, 2.45) is 0 Å². The molecule has 2 aromatic heterocycles. The van der Waals surface area contributed by atoms with Crippen LogP contribution in [0.2, 0.25) is 0 Å². The van der Waals surface area contributed by atoms with Crippen LogP contribution in [0.4, 0.5) is 0 Å². The van der Waals surface area contributed by atoms with Crippen LogP contribution in [-0.4, -0.2) is 9.97 Å². The summed E-state index contributed by atoms with van der Waals surface area (Å²) in [5, 5.41) is 1.77. The van der Waals surface area contributed by atoms with E-state index in [0.717, 1.165) is 10.8 Å². The standard InChI is InChI=1S/C12H8N2O2/c1-7-9-5-4-8-3-2-6-13-10(8)11(9)16-12(15)14-7/h2-6H,1H3. The van der Waals surface area contributed by atoms with Gasteiger partial charge < -0.3 is 4.42 Å². The summed E-state index contributed by atoms with van der Waals surface area (Å²) in [5.41, 5.74) is 1.87. The minimum absolute atomic E-state index is 0.510. The largest absolute Gasteiger partial charge is 0.439 e. The maximum atomic E-state index is 11.2. The number of nitrogens with zero attached hydrogens (tertiary/aromatic N) is 2. The number of pyridine rings is 1. The maximum Gasteiger partial charge on any atom is 0.439 e. The average Bonchev–Trinajstić information content (AvgIpc) is 2.28. The fraction of sp³-hybridized carbons (Fsp3) is 0.0833. The third-order valence-corrected chi connectivity index (χ3v) is 2.57. The van der Waals surface area contributed by atoms with Crippen molar-refractivity contribution in [1.82, 2.24) is 9.97 Å². The summed E-state index contributed by atoms with van der Waals surface area (Å²) in [4.78, 5) is 19.2. The molecule has 4 heteroatoms. The zero-order valence-corrected chi connectivity index (χ0v) is 8.60. The normalized spacial score (nSPS) is 11.1. The van der Waals surface area contributed by atoms with Gasteiger partial charge in [0.1, 0.15) is 5.52 Å². The molecule has 0 bridgehead atoms. The van der Waals surface area contributed by atoms with Crippen LogP contribution < -0.4 is 5.76 Å². The van der Waals surface area contributed by atoms with E-state index in [1.807, 2.05) is 24.3 Å². The quantitative estimate of drug-likeness (QED) is 0.535. The summed E-state index contributed by atoms with van der Waals surface area (Å²) in [6.45, 7) is 1.79. The van der Waals surface area contributed by atoms with Gasteiger partial charge in [-0.3, -0.25) is 4.98 Å². The fourth-order valence-corrected chi connectivity index (χ4v) is 1.81. The van der Waals surface area contributed by atoms with Crippen molar-refractivity contribution in [1.29, 1.82) is 0 Å². The molecule has 4 nitrogen and oxygen atoms in total. The maximum absolute atomic E-state index is 11.2. The SMILES string of the molecule is Cc1nc(=O)oc2c1ccc1cccnc12. The fourth-order valence-electron chi connectivity index (χ4n) is 1.81. The van der Waals surface area contributed by atoms with Gasteiger partial charge in [-0.1, -0.05) is 12.1 Å². The van der Waals surface area contributed by atoms with Gasteiger partial charge in [0, 0.05) is 17.0 Å². The molecular weight excluding hydrogens is 204 g/mol. The highest BCUT2D eigenvalue weighted by molar-refractivity contribution is 6.01. The molecule has 78 valence electrons. The molecule has 0 aliphatic rings. The predicted octanol–water partition coefficient (Wildman–Crippen LogP) is 2.04. The third-order valence-electron chi connectivity index (χ3n) is 2.57. The molecule has 0 N–H and O–H groups in total. The van der Waals surface area contributed by atoms with E-state index in [2.05, 4.69) is 9.97 Å². The Hall–Kier alpha value is -2.23. The number of benzene rings is 1. The summed E-state index contributed by atoms with van der Waals surface area (Å²) in [7, 11) is 0. The van der Waals surface area contributed by atoms with Gasteiger partial charge in [-0.15, -0.1) is 0 Å². The lowest BCUT2D eigenvalue weighted by atomic mass is 10.1. The summed E-state index contributed by atoms with van der Waals surface area (Å²) < 4.78 is 5.13. The second kappa shape index (κ2) is 3.13. The monoisotopic (exact) mass is 212 g/mol. The molecule has 0 saturated carbocycles. The van der Waals surface area contributed by atoms with Gasteiger partial charge in [0.2, 0.25) is 0 Å². The topological polar surface area (TPSA) is 56.0 Å². The van der Waals surface area contributed by atoms with Crippen LogP contribution >= 0.6 is 0 Å². The van der Waals surface area contributed by atoms with Crippen LogP contribution in [0.25, 0.3) is 21.9 Å².